The molecule has 0 spiro atoms. The van der Waals surface area contributed by atoms with E-state index in [1.54, 1.807) is 12.1 Å². The highest BCUT2D eigenvalue weighted by Crippen LogP contribution is 2.47. The summed E-state index contributed by atoms with van der Waals surface area (Å²) in [6.45, 7) is 0.267. The van der Waals surface area contributed by atoms with Gasteiger partial charge >= 0.3 is 0 Å². The van der Waals surface area contributed by atoms with E-state index in [-0.39, 0.29) is 12.0 Å². The molecule has 1 fully saturated rings. The molecule has 0 unspecified atom stereocenters. The molecule has 1 aliphatic rings. The fourth-order valence-electron chi connectivity index (χ4n) is 1.67. The lowest BCUT2D eigenvalue weighted by Gasteiger charge is -2.10. The highest BCUT2D eigenvalue weighted by molar-refractivity contribution is 5.28. The maximum absolute atomic E-state index is 9.24. The number of benzene rings is 1. The lowest BCUT2D eigenvalue weighted by atomic mass is 9.97. The normalized spacial score (nSPS) is 18.5. The maximum Gasteiger partial charge on any atom is 0.115 e. The zero-order chi connectivity index (χ0) is 9.31. The number of aliphatic hydroxyl groups excluding tert-OH is 1. The van der Waals surface area contributed by atoms with Crippen molar-refractivity contribution < 1.29 is 10.2 Å². The van der Waals surface area contributed by atoms with Gasteiger partial charge in [0.25, 0.3) is 0 Å². The van der Waals surface area contributed by atoms with Crippen LogP contribution in [0, 0.1) is 5.41 Å². The van der Waals surface area contributed by atoms with E-state index in [0.717, 1.165) is 24.8 Å². The van der Waals surface area contributed by atoms with Crippen LogP contribution >= 0.6 is 0 Å². The summed E-state index contributed by atoms with van der Waals surface area (Å²) in [6, 6.07) is 7.28. The summed E-state index contributed by atoms with van der Waals surface area (Å²) in [5.41, 5.74) is 1.25. The first-order valence-electron chi connectivity index (χ1n) is 4.63. The molecule has 0 atom stereocenters. The van der Waals surface area contributed by atoms with Gasteiger partial charge in [-0.25, -0.2) is 0 Å². The molecule has 2 nitrogen and oxygen atoms in total. The minimum atomic E-state index is 0.133. The number of aliphatic hydroxyl groups is 1. The van der Waals surface area contributed by atoms with E-state index in [9.17, 15) is 5.11 Å². The summed E-state index contributed by atoms with van der Waals surface area (Å²) in [4.78, 5) is 0. The quantitative estimate of drug-likeness (QED) is 0.739. The highest BCUT2D eigenvalue weighted by Gasteiger charge is 2.41. The van der Waals surface area contributed by atoms with Gasteiger partial charge < -0.3 is 10.2 Å². The predicted molar refractivity (Wildman–Crippen MR) is 50.6 cm³/mol. The Morgan fingerprint density at radius 1 is 1.31 bits per heavy atom. The topological polar surface area (TPSA) is 40.5 Å². The van der Waals surface area contributed by atoms with Crippen molar-refractivity contribution in [1.29, 1.82) is 0 Å². The van der Waals surface area contributed by atoms with E-state index < -0.39 is 0 Å². The standard InChI is InChI=1S/C11H14O2/c12-8-11(4-5-11)7-9-2-1-3-10(13)6-9/h1-3,6,12-13H,4-5,7-8H2. The third-order valence-corrected chi connectivity index (χ3v) is 2.78. The summed E-state index contributed by atoms with van der Waals surface area (Å²) < 4.78 is 0. The van der Waals surface area contributed by atoms with Gasteiger partial charge in [0.2, 0.25) is 0 Å². The third kappa shape index (κ3) is 1.83. The Bertz CT molecular complexity index is 303. The number of rotatable bonds is 3. The molecule has 2 heteroatoms. The fraction of sp³-hybridized carbons (Fsp3) is 0.455. The summed E-state index contributed by atoms with van der Waals surface area (Å²) in [6.07, 6.45) is 3.11. The van der Waals surface area contributed by atoms with Crippen LogP contribution in [-0.4, -0.2) is 16.8 Å². The van der Waals surface area contributed by atoms with Gasteiger partial charge in [-0.05, 0) is 42.4 Å². The number of phenols is 1. The zero-order valence-corrected chi connectivity index (χ0v) is 7.53. The second kappa shape index (κ2) is 3.04. The number of hydrogen-bond acceptors (Lipinski definition) is 2. The molecular formula is C11H14O2. The zero-order valence-electron chi connectivity index (χ0n) is 7.53. The molecule has 0 aliphatic heterocycles. The maximum atomic E-state index is 9.24. The first-order chi connectivity index (χ1) is 6.24. The average Bonchev–Trinajstić information content (AvgIpc) is 2.86. The Morgan fingerprint density at radius 2 is 2.08 bits per heavy atom. The summed E-state index contributed by atoms with van der Waals surface area (Å²) in [5.74, 6) is 0.311. The largest absolute Gasteiger partial charge is 0.508 e. The van der Waals surface area contributed by atoms with Crippen molar-refractivity contribution >= 4 is 0 Å². The van der Waals surface area contributed by atoms with E-state index in [2.05, 4.69) is 0 Å². The van der Waals surface area contributed by atoms with Crippen molar-refractivity contribution in [3.05, 3.63) is 29.8 Å². The van der Waals surface area contributed by atoms with Crippen LogP contribution in [0.1, 0.15) is 18.4 Å². The Labute approximate surface area is 77.8 Å². The van der Waals surface area contributed by atoms with Gasteiger partial charge in [-0.1, -0.05) is 12.1 Å². The second-order valence-corrected chi connectivity index (χ2v) is 4.00. The van der Waals surface area contributed by atoms with E-state index in [1.165, 1.54) is 0 Å². The lowest BCUT2D eigenvalue weighted by Crippen LogP contribution is -2.09. The molecule has 1 aromatic rings. The van der Waals surface area contributed by atoms with Crippen LogP contribution in [0.15, 0.2) is 24.3 Å². The summed E-state index contributed by atoms with van der Waals surface area (Å²) >= 11 is 0. The molecule has 13 heavy (non-hydrogen) atoms. The molecule has 1 aliphatic carbocycles. The molecule has 0 radical (unpaired) electrons. The minimum absolute atomic E-state index is 0.133. The average molecular weight is 178 g/mol. The van der Waals surface area contributed by atoms with Crippen LogP contribution in [0.4, 0.5) is 0 Å². The van der Waals surface area contributed by atoms with Crippen molar-refractivity contribution in [2.75, 3.05) is 6.61 Å². The third-order valence-electron chi connectivity index (χ3n) is 2.78. The first-order valence-corrected chi connectivity index (χ1v) is 4.63. The Kier molecular flexibility index (Phi) is 2.00. The molecule has 2 N–H and O–H groups in total. The number of aromatic hydroxyl groups is 1. The van der Waals surface area contributed by atoms with Crippen molar-refractivity contribution in [3.8, 4) is 5.75 Å². The van der Waals surface area contributed by atoms with Crippen molar-refractivity contribution in [2.45, 2.75) is 19.3 Å². The van der Waals surface area contributed by atoms with Crippen LogP contribution in [0.3, 0.4) is 0 Å². The van der Waals surface area contributed by atoms with Crippen LogP contribution in [0.2, 0.25) is 0 Å². The molecule has 70 valence electrons. The molecule has 1 aromatic carbocycles. The van der Waals surface area contributed by atoms with Gasteiger partial charge in [0.05, 0.1) is 0 Å². The predicted octanol–water partition coefficient (Wildman–Crippen LogP) is 1.71. The molecule has 0 heterocycles. The Morgan fingerprint density at radius 3 is 2.62 bits per heavy atom. The fourth-order valence-corrected chi connectivity index (χ4v) is 1.67. The molecule has 0 saturated heterocycles. The summed E-state index contributed by atoms with van der Waals surface area (Å²) in [5, 5.41) is 18.4. The van der Waals surface area contributed by atoms with Crippen molar-refractivity contribution in [2.24, 2.45) is 5.41 Å². The van der Waals surface area contributed by atoms with Crippen molar-refractivity contribution in [3.63, 3.8) is 0 Å². The number of phenolic OH excluding ortho intramolecular Hbond substituents is 1. The van der Waals surface area contributed by atoms with Gasteiger partial charge in [0.15, 0.2) is 0 Å². The Hall–Kier alpha value is -1.02. The second-order valence-electron chi connectivity index (χ2n) is 4.00. The first kappa shape index (κ1) is 8.57. The molecule has 1 saturated carbocycles. The van der Waals surface area contributed by atoms with Gasteiger partial charge in [0.1, 0.15) is 5.75 Å². The van der Waals surface area contributed by atoms with E-state index in [1.807, 2.05) is 12.1 Å². The molecule has 2 rings (SSSR count). The summed E-state index contributed by atoms with van der Waals surface area (Å²) in [7, 11) is 0. The van der Waals surface area contributed by atoms with Crippen LogP contribution < -0.4 is 0 Å². The van der Waals surface area contributed by atoms with Crippen LogP contribution in [0.25, 0.3) is 0 Å². The molecular weight excluding hydrogens is 164 g/mol. The lowest BCUT2D eigenvalue weighted by molar-refractivity contribution is 0.211. The Balaban J connectivity index is 2.09. The highest BCUT2D eigenvalue weighted by atomic mass is 16.3. The smallest absolute Gasteiger partial charge is 0.115 e. The van der Waals surface area contributed by atoms with Crippen LogP contribution in [0.5, 0.6) is 5.75 Å². The SMILES string of the molecule is OCC1(Cc2cccc(O)c2)CC1. The molecule has 0 aromatic heterocycles. The van der Waals surface area contributed by atoms with Gasteiger partial charge in [-0.2, -0.15) is 0 Å². The molecule has 0 amide bonds. The van der Waals surface area contributed by atoms with E-state index in [0.29, 0.717) is 5.75 Å². The minimum Gasteiger partial charge on any atom is -0.508 e. The number of hydrogen-bond donors (Lipinski definition) is 2. The van der Waals surface area contributed by atoms with Crippen LogP contribution in [-0.2, 0) is 6.42 Å². The molecule has 0 bridgehead atoms. The van der Waals surface area contributed by atoms with Gasteiger partial charge in [0, 0.05) is 6.61 Å². The monoisotopic (exact) mass is 178 g/mol. The van der Waals surface area contributed by atoms with Gasteiger partial charge in [-0.15, -0.1) is 0 Å². The van der Waals surface area contributed by atoms with E-state index >= 15 is 0 Å². The van der Waals surface area contributed by atoms with E-state index in [4.69, 9.17) is 5.11 Å². The van der Waals surface area contributed by atoms with Crippen molar-refractivity contribution in [1.82, 2.24) is 0 Å². The van der Waals surface area contributed by atoms with Gasteiger partial charge in [-0.3, -0.25) is 0 Å².